The lowest BCUT2D eigenvalue weighted by atomic mass is 10.1. The molecule has 3 rings (SSSR count). The molecule has 24 heavy (non-hydrogen) atoms. The Hall–Kier alpha value is -2.01. The third-order valence-corrected chi connectivity index (χ3v) is 4.63. The van der Waals surface area contributed by atoms with Crippen LogP contribution in [0.4, 0.5) is 17.5 Å². The fraction of sp³-hybridized carbons (Fsp3) is 0.444. The Morgan fingerprint density at radius 2 is 1.83 bits per heavy atom. The van der Waals surface area contributed by atoms with Gasteiger partial charge in [-0.3, -0.25) is 0 Å². The van der Waals surface area contributed by atoms with E-state index in [-0.39, 0.29) is 0 Å². The van der Waals surface area contributed by atoms with Crippen molar-refractivity contribution in [3.05, 3.63) is 34.5 Å². The van der Waals surface area contributed by atoms with Crippen LogP contribution >= 0.6 is 11.6 Å². The Balaban J connectivity index is 1.90. The zero-order valence-electron chi connectivity index (χ0n) is 14.4. The number of nitrogens with one attached hydrogen (secondary N) is 1. The van der Waals surface area contributed by atoms with Crippen molar-refractivity contribution in [2.45, 2.75) is 33.1 Å². The second-order valence-corrected chi connectivity index (χ2v) is 6.58. The Morgan fingerprint density at radius 1 is 1.08 bits per heavy atom. The Bertz CT molecular complexity index is 729. The highest BCUT2D eigenvalue weighted by Gasteiger charge is 2.15. The van der Waals surface area contributed by atoms with E-state index in [9.17, 15) is 0 Å². The summed E-state index contributed by atoms with van der Waals surface area (Å²) >= 11 is 6.18. The van der Waals surface area contributed by atoms with E-state index in [0.717, 1.165) is 41.8 Å². The normalized spacial score (nSPS) is 14.6. The summed E-state index contributed by atoms with van der Waals surface area (Å²) in [7, 11) is 1.64. The molecule has 1 saturated heterocycles. The molecular weight excluding hydrogens is 324 g/mol. The maximum absolute atomic E-state index is 6.18. The highest BCUT2D eigenvalue weighted by Crippen LogP contribution is 2.33. The monoisotopic (exact) mass is 346 g/mol. The molecule has 0 unspecified atom stereocenters. The minimum Gasteiger partial charge on any atom is -0.495 e. The maximum atomic E-state index is 6.18. The first-order chi connectivity index (χ1) is 11.6. The fourth-order valence-corrected chi connectivity index (χ4v) is 3.07. The third-order valence-electron chi connectivity index (χ3n) is 4.22. The number of rotatable bonds is 4. The van der Waals surface area contributed by atoms with E-state index in [4.69, 9.17) is 21.3 Å². The summed E-state index contributed by atoms with van der Waals surface area (Å²) in [5.41, 5.74) is 2.78. The molecule has 0 saturated carbocycles. The molecule has 0 atom stereocenters. The first kappa shape index (κ1) is 16.8. The fourth-order valence-electron chi connectivity index (χ4n) is 2.92. The van der Waals surface area contributed by atoms with Gasteiger partial charge in [0, 0.05) is 35.9 Å². The molecule has 1 aromatic heterocycles. The Morgan fingerprint density at radius 3 is 2.54 bits per heavy atom. The minimum absolute atomic E-state index is 0.685. The SMILES string of the molecule is COc1cc(Cl)c(C)cc1Nc1cc(C)nc(N2CCCCC2)n1. The number of piperidine rings is 1. The summed E-state index contributed by atoms with van der Waals surface area (Å²) in [6.45, 7) is 6.00. The zero-order valence-corrected chi connectivity index (χ0v) is 15.2. The number of benzene rings is 1. The van der Waals surface area contributed by atoms with Crippen molar-refractivity contribution in [2.75, 3.05) is 30.4 Å². The quantitative estimate of drug-likeness (QED) is 0.883. The van der Waals surface area contributed by atoms with Gasteiger partial charge in [0.1, 0.15) is 11.6 Å². The van der Waals surface area contributed by atoms with Crippen LogP contribution in [0.25, 0.3) is 0 Å². The highest BCUT2D eigenvalue weighted by molar-refractivity contribution is 6.31. The third kappa shape index (κ3) is 3.73. The second kappa shape index (κ2) is 7.26. The molecular formula is C18H23ClN4O. The lowest BCUT2D eigenvalue weighted by Crippen LogP contribution is -2.31. The number of nitrogens with zero attached hydrogens (tertiary/aromatic N) is 3. The number of halogens is 1. The number of anilines is 3. The number of methoxy groups -OCH3 is 1. The molecule has 1 fully saturated rings. The van der Waals surface area contributed by atoms with Crippen molar-refractivity contribution < 1.29 is 4.74 Å². The lowest BCUT2D eigenvalue weighted by molar-refractivity contribution is 0.416. The average molecular weight is 347 g/mol. The van der Waals surface area contributed by atoms with Crippen LogP contribution in [0.15, 0.2) is 18.2 Å². The van der Waals surface area contributed by atoms with Gasteiger partial charge in [0.25, 0.3) is 0 Å². The molecule has 2 aromatic rings. The smallest absolute Gasteiger partial charge is 0.227 e. The molecule has 0 radical (unpaired) electrons. The van der Waals surface area contributed by atoms with Crippen LogP contribution in [-0.4, -0.2) is 30.2 Å². The summed E-state index contributed by atoms with van der Waals surface area (Å²) < 4.78 is 5.43. The molecule has 0 bridgehead atoms. The first-order valence-corrected chi connectivity index (χ1v) is 8.66. The van der Waals surface area contributed by atoms with E-state index in [2.05, 4.69) is 15.2 Å². The molecule has 0 aliphatic carbocycles. The van der Waals surface area contributed by atoms with Crippen LogP contribution in [0.5, 0.6) is 5.75 Å². The van der Waals surface area contributed by atoms with Crippen LogP contribution in [0.2, 0.25) is 5.02 Å². The van der Waals surface area contributed by atoms with Gasteiger partial charge in [0.15, 0.2) is 0 Å². The molecule has 0 amide bonds. The van der Waals surface area contributed by atoms with Crippen molar-refractivity contribution >= 4 is 29.1 Å². The van der Waals surface area contributed by atoms with Crippen molar-refractivity contribution in [3.8, 4) is 5.75 Å². The van der Waals surface area contributed by atoms with Gasteiger partial charge >= 0.3 is 0 Å². The number of hydrogen-bond donors (Lipinski definition) is 1. The van der Waals surface area contributed by atoms with Crippen LogP contribution < -0.4 is 15.0 Å². The van der Waals surface area contributed by atoms with Gasteiger partial charge in [-0.15, -0.1) is 0 Å². The largest absolute Gasteiger partial charge is 0.495 e. The predicted molar refractivity (Wildman–Crippen MR) is 98.9 cm³/mol. The molecule has 128 valence electrons. The van der Waals surface area contributed by atoms with Gasteiger partial charge < -0.3 is 15.0 Å². The Kier molecular flexibility index (Phi) is 5.09. The van der Waals surface area contributed by atoms with Gasteiger partial charge in [-0.2, -0.15) is 4.98 Å². The van der Waals surface area contributed by atoms with E-state index in [0.29, 0.717) is 10.8 Å². The van der Waals surface area contributed by atoms with Crippen molar-refractivity contribution in [3.63, 3.8) is 0 Å². The summed E-state index contributed by atoms with van der Waals surface area (Å²) in [5.74, 6) is 2.26. The molecule has 5 nitrogen and oxygen atoms in total. The summed E-state index contributed by atoms with van der Waals surface area (Å²) in [6, 6.07) is 5.73. The zero-order chi connectivity index (χ0) is 17.1. The van der Waals surface area contributed by atoms with Gasteiger partial charge in [-0.1, -0.05) is 11.6 Å². The van der Waals surface area contributed by atoms with Crippen LogP contribution in [-0.2, 0) is 0 Å². The first-order valence-electron chi connectivity index (χ1n) is 8.28. The van der Waals surface area contributed by atoms with E-state index in [1.807, 2.05) is 32.0 Å². The maximum Gasteiger partial charge on any atom is 0.227 e. The molecule has 1 aromatic carbocycles. The topological polar surface area (TPSA) is 50.3 Å². The molecule has 0 spiro atoms. The highest BCUT2D eigenvalue weighted by atomic mass is 35.5. The van der Waals surface area contributed by atoms with Gasteiger partial charge in [-0.05, 0) is 44.7 Å². The number of aromatic nitrogens is 2. The summed E-state index contributed by atoms with van der Waals surface area (Å²) in [6.07, 6.45) is 3.68. The summed E-state index contributed by atoms with van der Waals surface area (Å²) in [4.78, 5) is 11.5. The lowest BCUT2D eigenvalue weighted by Gasteiger charge is -2.27. The van der Waals surface area contributed by atoms with Gasteiger partial charge in [0.05, 0.1) is 12.8 Å². The predicted octanol–water partition coefficient (Wildman–Crippen LogP) is 4.49. The van der Waals surface area contributed by atoms with Crippen LogP contribution in [0.3, 0.4) is 0 Å². The number of ether oxygens (including phenoxy) is 1. The van der Waals surface area contributed by atoms with E-state index >= 15 is 0 Å². The molecule has 1 aliphatic heterocycles. The molecule has 1 aliphatic rings. The minimum atomic E-state index is 0.685. The van der Waals surface area contributed by atoms with Gasteiger partial charge in [-0.25, -0.2) is 4.98 Å². The van der Waals surface area contributed by atoms with Crippen molar-refractivity contribution in [2.24, 2.45) is 0 Å². The molecule has 1 N–H and O–H groups in total. The number of hydrogen-bond acceptors (Lipinski definition) is 5. The van der Waals surface area contributed by atoms with Crippen molar-refractivity contribution in [1.82, 2.24) is 9.97 Å². The Labute approximate surface area is 148 Å². The van der Waals surface area contributed by atoms with Crippen LogP contribution in [0.1, 0.15) is 30.5 Å². The standard InChI is InChI=1S/C18H23ClN4O/c1-12-9-15(16(24-3)11-14(12)19)21-17-10-13(2)20-18(22-17)23-7-5-4-6-8-23/h9-11H,4-8H2,1-3H3,(H,20,21,22). The van der Waals surface area contributed by atoms with E-state index in [1.54, 1.807) is 7.11 Å². The average Bonchev–Trinajstić information content (AvgIpc) is 2.58. The van der Waals surface area contributed by atoms with E-state index in [1.165, 1.54) is 19.3 Å². The van der Waals surface area contributed by atoms with Crippen molar-refractivity contribution in [1.29, 1.82) is 0 Å². The second-order valence-electron chi connectivity index (χ2n) is 6.17. The number of aryl methyl sites for hydroxylation is 2. The van der Waals surface area contributed by atoms with Gasteiger partial charge in [0.2, 0.25) is 5.95 Å². The molecule has 6 heteroatoms. The molecule has 2 heterocycles. The van der Waals surface area contributed by atoms with Crippen LogP contribution in [0, 0.1) is 13.8 Å². The summed E-state index contributed by atoms with van der Waals surface area (Å²) in [5, 5.41) is 4.04. The van der Waals surface area contributed by atoms with E-state index < -0.39 is 0 Å².